The van der Waals surface area contributed by atoms with Crippen LogP contribution >= 0.6 is 0 Å². The van der Waals surface area contributed by atoms with Crippen molar-refractivity contribution in [1.82, 2.24) is 0 Å². The van der Waals surface area contributed by atoms with Crippen LogP contribution in [0.5, 0.6) is 5.75 Å². The average Bonchev–Trinajstić information content (AvgIpc) is 2.42. The fourth-order valence-electron chi connectivity index (χ4n) is 1.81. The lowest BCUT2D eigenvalue weighted by atomic mass is 10.1. The van der Waals surface area contributed by atoms with E-state index in [-0.39, 0.29) is 22.9 Å². The SMILES string of the molecule is CCc1cccc(NC(=O)c2cccc(N)c2O)c1. The summed E-state index contributed by atoms with van der Waals surface area (Å²) >= 11 is 0. The van der Waals surface area contributed by atoms with Gasteiger partial charge in [0.05, 0.1) is 11.3 Å². The molecule has 19 heavy (non-hydrogen) atoms. The topological polar surface area (TPSA) is 75.4 Å². The van der Waals surface area contributed by atoms with Gasteiger partial charge in [0, 0.05) is 5.69 Å². The number of nitrogens with two attached hydrogens (primary N) is 1. The van der Waals surface area contributed by atoms with Crippen LogP contribution in [-0.4, -0.2) is 11.0 Å². The summed E-state index contributed by atoms with van der Waals surface area (Å²) < 4.78 is 0. The summed E-state index contributed by atoms with van der Waals surface area (Å²) in [5, 5.41) is 12.5. The molecule has 0 unspecified atom stereocenters. The first-order valence-corrected chi connectivity index (χ1v) is 6.09. The van der Waals surface area contributed by atoms with Gasteiger partial charge in [-0.15, -0.1) is 0 Å². The third-order valence-corrected chi connectivity index (χ3v) is 2.90. The molecule has 0 saturated heterocycles. The van der Waals surface area contributed by atoms with Gasteiger partial charge in [-0.05, 0) is 36.2 Å². The minimum absolute atomic E-state index is 0.168. The molecule has 0 bridgehead atoms. The lowest BCUT2D eigenvalue weighted by molar-refractivity contribution is 0.102. The number of nitrogens with one attached hydrogen (secondary N) is 1. The maximum atomic E-state index is 12.1. The van der Waals surface area contributed by atoms with Crippen LogP contribution in [0.4, 0.5) is 11.4 Å². The largest absolute Gasteiger partial charge is 0.505 e. The molecule has 0 aliphatic rings. The van der Waals surface area contributed by atoms with Gasteiger partial charge in [0.2, 0.25) is 0 Å². The van der Waals surface area contributed by atoms with E-state index in [1.165, 1.54) is 6.07 Å². The molecule has 98 valence electrons. The van der Waals surface area contributed by atoms with E-state index in [1.807, 2.05) is 25.1 Å². The summed E-state index contributed by atoms with van der Waals surface area (Å²) in [5.41, 5.74) is 7.76. The molecule has 0 fully saturated rings. The second-order valence-corrected chi connectivity index (χ2v) is 4.25. The molecule has 0 aliphatic heterocycles. The van der Waals surface area contributed by atoms with Gasteiger partial charge in [0.15, 0.2) is 5.75 Å². The molecule has 4 nitrogen and oxygen atoms in total. The average molecular weight is 256 g/mol. The second kappa shape index (κ2) is 5.44. The predicted molar refractivity (Wildman–Crippen MR) is 76.3 cm³/mol. The van der Waals surface area contributed by atoms with Gasteiger partial charge in [0.25, 0.3) is 5.91 Å². The molecule has 0 aliphatic carbocycles. The number of aromatic hydroxyl groups is 1. The van der Waals surface area contributed by atoms with Gasteiger partial charge in [-0.2, -0.15) is 0 Å². The van der Waals surface area contributed by atoms with Crippen molar-refractivity contribution < 1.29 is 9.90 Å². The summed E-state index contributed by atoms with van der Waals surface area (Å²) in [4.78, 5) is 12.1. The molecule has 4 N–H and O–H groups in total. The van der Waals surface area contributed by atoms with Crippen LogP contribution in [-0.2, 0) is 6.42 Å². The lowest BCUT2D eigenvalue weighted by Gasteiger charge is -2.09. The van der Waals surface area contributed by atoms with E-state index in [9.17, 15) is 9.90 Å². The zero-order chi connectivity index (χ0) is 13.8. The highest BCUT2D eigenvalue weighted by Crippen LogP contribution is 2.25. The first kappa shape index (κ1) is 13.0. The van der Waals surface area contributed by atoms with Crippen molar-refractivity contribution in [2.24, 2.45) is 0 Å². The third kappa shape index (κ3) is 2.85. The number of carbonyl (C=O) groups is 1. The van der Waals surface area contributed by atoms with Gasteiger partial charge in [-0.25, -0.2) is 0 Å². The summed E-state index contributed by atoms with van der Waals surface area (Å²) in [5.74, 6) is -0.565. The Morgan fingerprint density at radius 1 is 1.26 bits per heavy atom. The van der Waals surface area contributed by atoms with Crippen LogP contribution in [0.25, 0.3) is 0 Å². The number of rotatable bonds is 3. The molecule has 1 amide bonds. The first-order chi connectivity index (χ1) is 9.11. The van der Waals surface area contributed by atoms with Crippen LogP contribution < -0.4 is 11.1 Å². The highest BCUT2D eigenvalue weighted by atomic mass is 16.3. The molecule has 0 saturated carbocycles. The van der Waals surface area contributed by atoms with E-state index in [4.69, 9.17) is 5.73 Å². The molecule has 2 aromatic rings. The lowest BCUT2D eigenvalue weighted by Crippen LogP contribution is -2.12. The maximum absolute atomic E-state index is 12.1. The molecule has 2 rings (SSSR count). The molecule has 0 radical (unpaired) electrons. The standard InChI is InChI=1S/C15H16N2O2/c1-2-10-5-3-6-11(9-10)17-15(19)12-7-4-8-13(16)14(12)18/h3-9,18H,2,16H2,1H3,(H,17,19). The predicted octanol–water partition coefficient (Wildman–Crippen LogP) is 2.79. The number of phenolic OH excluding ortho intramolecular Hbond substituents is 1. The van der Waals surface area contributed by atoms with Gasteiger partial charge in [-0.1, -0.05) is 25.1 Å². The first-order valence-electron chi connectivity index (χ1n) is 6.09. The number of anilines is 2. The normalized spacial score (nSPS) is 10.2. The van der Waals surface area contributed by atoms with Gasteiger partial charge >= 0.3 is 0 Å². The number of para-hydroxylation sites is 1. The van der Waals surface area contributed by atoms with Crippen molar-refractivity contribution >= 4 is 17.3 Å². The zero-order valence-corrected chi connectivity index (χ0v) is 10.7. The summed E-state index contributed by atoms with van der Waals surface area (Å²) in [6.45, 7) is 2.05. The number of amides is 1. The van der Waals surface area contributed by atoms with E-state index >= 15 is 0 Å². The minimum Gasteiger partial charge on any atom is -0.505 e. The van der Waals surface area contributed by atoms with E-state index in [1.54, 1.807) is 18.2 Å². The molecule has 2 aromatic carbocycles. The maximum Gasteiger partial charge on any atom is 0.259 e. The quantitative estimate of drug-likeness (QED) is 0.584. The monoisotopic (exact) mass is 256 g/mol. The molecule has 0 spiro atoms. The van der Waals surface area contributed by atoms with Crippen LogP contribution in [0.15, 0.2) is 42.5 Å². The molecule has 0 heterocycles. The Hall–Kier alpha value is -2.49. The number of carbonyl (C=O) groups excluding carboxylic acids is 1. The Kier molecular flexibility index (Phi) is 3.71. The van der Waals surface area contributed by atoms with Crippen molar-refractivity contribution in [3.63, 3.8) is 0 Å². The van der Waals surface area contributed by atoms with Crippen LogP contribution in [0.3, 0.4) is 0 Å². The summed E-state index contributed by atoms with van der Waals surface area (Å²) in [6, 6.07) is 12.3. The number of nitrogen functional groups attached to an aromatic ring is 1. The molecular formula is C15H16N2O2. The molecular weight excluding hydrogens is 240 g/mol. The third-order valence-electron chi connectivity index (χ3n) is 2.90. The van der Waals surface area contributed by atoms with Crippen molar-refractivity contribution in [3.8, 4) is 5.75 Å². The Labute approximate surface area is 111 Å². The Morgan fingerprint density at radius 2 is 2.00 bits per heavy atom. The Bertz CT molecular complexity index is 609. The van der Waals surface area contributed by atoms with Crippen LogP contribution in [0.2, 0.25) is 0 Å². The Balaban J connectivity index is 2.23. The van der Waals surface area contributed by atoms with Gasteiger partial charge < -0.3 is 16.2 Å². The van der Waals surface area contributed by atoms with Crippen molar-refractivity contribution in [3.05, 3.63) is 53.6 Å². The van der Waals surface area contributed by atoms with E-state index in [2.05, 4.69) is 5.32 Å². The number of benzene rings is 2. The fourth-order valence-corrected chi connectivity index (χ4v) is 1.81. The van der Waals surface area contributed by atoms with Gasteiger partial charge in [-0.3, -0.25) is 4.79 Å². The smallest absolute Gasteiger partial charge is 0.259 e. The van der Waals surface area contributed by atoms with Gasteiger partial charge in [0.1, 0.15) is 0 Å². The molecule has 0 atom stereocenters. The molecule has 4 heteroatoms. The highest BCUT2D eigenvalue weighted by molar-refractivity contribution is 6.07. The number of phenols is 1. The van der Waals surface area contributed by atoms with Crippen molar-refractivity contribution in [1.29, 1.82) is 0 Å². The van der Waals surface area contributed by atoms with E-state index < -0.39 is 0 Å². The summed E-state index contributed by atoms with van der Waals surface area (Å²) in [6.07, 6.45) is 0.896. The Morgan fingerprint density at radius 3 is 2.74 bits per heavy atom. The summed E-state index contributed by atoms with van der Waals surface area (Å²) in [7, 11) is 0. The zero-order valence-electron chi connectivity index (χ0n) is 10.7. The minimum atomic E-state index is -0.377. The second-order valence-electron chi connectivity index (χ2n) is 4.25. The molecule has 0 aromatic heterocycles. The fraction of sp³-hybridized carbons (Fsp3) is 0.133. The van der Waals surface area contributed by atoms with Crippen molar-refractivity contribution in [2.45, 2.75) is 13.3 Å². The van der Waals surface area contributed by atoms with Crippen LogP contribution in [0.1, 0.15) is 22.8 Å². The number of aryl methyl sites for hydroxylation is 1. The van der Waals surface area contributed by atoms with Crippen LogP contribution in [0, 0.1) is 0 Å². The number of hydrogen-bond donors (Lipinski definition) is 3. The number of hydrogen-bond acceptors (Lipinski definition) is 3. The van der Waals surface area contributed by atoms with E-state index in [0.29, 0.717) is 5.69 Å². The van der Waals surface area contributed by atoms with E-state index in [0.717, 1.165) is 12.0 Å². The van der Waals surface area contributed by atoms with Crippen molar-refractivity contribution in [2.75, 3.05) is 11.1 Å². The highest BCUT2D eigenvalue weighted by Gasteiger charge is 2.13.